The van der Waals surface area contributed by atoms with Crippen LogP contribution in [0.4, 0.5) is 27.8 Å². The first-order chi connectivity index (χ1) is 12.7. The number of rotatable bonds is 6. The van der Waals surface area contributed by atoms with Gasteiger partial charge < -0.3 is 10.3 Å². The van der Waals surface area contributed by atoms with E-state index in [1.165, 1.54) is 6.33 Å². The average molecular weight is 406 g/mol. The number of fused-ring (bicyclic) bond motifs is 1. The molecule has 0 aliphatic rings. The van der Waals surface area contributed by atoms with Crippen molar-refractivity contribution in [3.63, 3.8) is 0 Å². The van der Waals surface area contributed by atoms with Crippen molar-refractivity contribution in [3.8, 4) is 0 Å². The van der Waals surface area contributed by atoms with Gasteiger partial charge in [0.15, 0.2) is 33.1 Å². The number of anilines is 1. The van der Waals surface area contributed by atoms with Gasteiger partial charge in [0.1, 0.15) is 22.7 Å². The highest BCUT2D eigenvalue weighted by Crippen LogP contribution is 2.27. The van der Waals surface area contributed by atoms with Gasteiger partial charge in [-0.25, -0.2) is 40.3 Å². The largest absolute Gasteiger partial charge is 0.369 e. The van der Waals surface area contributed by atoms with Gasteiger partial charge >= 0.3 is 0 Å². The number of aromatic nitrogens is 3. The molecule has 0 radical (unpaired) electrons. The van der Waals surface area contributed by atoms with Gasteiger partial charge in [0.25, 0.3) is 0 Å². The number of nitrogens with zero attached hydrogens (tertiary/aromatic N) is 2. The molecule has 3 rings (SSSR count). The molecule has 144 valence electrons. The van der Waals surface area contributed by atoms with Crippen LogP contribution in [0.1, 0.15) is 6.42 Å². The first-order valence-electron chi connectivity index (χ1n) is 7.50. The zero-order chi connectivity index (χ0) is 19.8. The highest BCUT2D eigenvalue weighted by Gasteiger charge is 2.33. The van der Waals surface area contributed by atoms with Crippen molar-refractivity contribution < 1.29 is 30.4 Å². The molecule has 0 aliphatic heterocycles. The number of nitrogens with one attached hydrogen (secondary N) is 2. The monoisotopic (exact) mass is 406 g/mol. The molecule has 2 N–H and O–H groups in total. The second kappa shape index (κ2) is 7.10. The number of hydrogen-bond donors (Lipinski definition) is 2. The summed E-state index contributed by atoms with van der Waals surface area (Å²) in [5.41, 5.74) is 0.543. The van der Waals surface area contributed by atoms with E-state index in [9.17, 15) is 30.4 Å². The van der Waals surface area contributed by atoms with Gasteiger partial charge in [-0.15, -0.1) is 0 Å². The number of aromatic amines is 1. The summed E-state index contributed by atoms with van der Waals surface area (Å²) in [5, 5.41) is 3.47. The zero-order valence-corrected chi connectivity index (χ0v) is 14.2. The highest BCUT2D eigenvalue weighted by molar-refractivity contribution is 7.91. The Bertz CT molecular complexity index is 1090. The summed E-state index contributed by atoms with van der Waals surface area (Å²) in [4.78, 5) is 8.97. The van der Waals surface area contributed by atoms with E-state index in [-0.39, 0.29) is 13.0 Å². The van der Waals surface area contributed by atoms with E-state index >= 15 is 0 Å². The Labute approximate surface area is 149 Å². The number of benzene rings is 1. The van der Waals surface area contributed by atoms with Crippen LogP contribution in [0.2, 0.25) is 0 Å². The molecule has 0 saturated heterocycles. The lowest BCUT2D eigenvalue weighted by atomic mass is 10.3. The van der Waals surface area contributed by atoms with Gasteiger partial charge in [-0.2, -0.15) is 0 Å². The number of sulfone groups is 1. The molecule has 2 aromatic heterocycles. The van der Waals surface area contributed by atoms with Crippen LogP contribution in [0.3, 0.4) is 0 Å². The predicted octanol–water partition coefficient (Wildman–Crippen LogP) is 2.93. The lowest BCUT2D eigenvalue weighted by Gasteiger charge is -2.10. The molecule has 0 amide bonds. The van der Waals surface area contributed by atoms with Gasteiger partial charge in [-0.05, 0) is 12.5 Å². The summed E-state index contributed by atoms with van der Waals surface area (Å²) >= 11 is 0. The van der Waals surface area contributed by atoms with Crippen LogP contribution in [0.25, 0.3) is 11.0 Å². The van der Waals surface area contributed by atoms with Gasteiger partial charge in [0.05, 0.1) is 11.1 Å². The maximum absolute atomic E-state index is 13.7. The van der Waals surface area contributed by atoms with Crippen molar-refractivity contribution in [1.29, 1.82) is 0 Å². The molecule has 0 bridgehead atoms. The maximum Gasteiger partial charge on any atom is 0.200 e. The van der Waals surface area contributed by atoms with E-state index in [0.717, 1.165) is 0 Å². The topological polar surface area (TPSA) is 87.7 Å². The minimum Gasteiger partial charge on any atom is -0.369 e. The van der Waals surface area contributed by atoms with Crippen LogP contribution in [0, 0.1) is 29.1 Å². The fourth-order valence-corrected chi connectivity index (χ4v) is 3.90. The van der Waals surface area contributed by atoms with E-state index in [2.05, 4.69) is 20.3 Å². The van der Waals surface area contributed by atoms with Crippen LogP contribution in [-0.2, 0) is 9.84 Å². The summed E-state index contributed by atoms with van der Waals surface area (Å²) in [7, 11) is -4.75. The molecule has 3 aromatic rings. The Kier molecular flexibility index (Phi) is 5.00. The predicted molar refractivity (Wildman–Crippen MR) is 85.3 cm³/mol. The molecule has 2 heterocycles. The summed E-state index contributed by atoms with van der Waals surface area (Å²) in [5.74, 6) is -12.2. The highest BCUT2D eigenvalue weighted by atomic mass is 32.2. The molecule has 0 aliphatic carbocycles. The van der Waals surface area contributed by atoms with Crippen molar-refractivity contribution >= 4 is 26.7 Å². The van der Waals surface area contributed by atoms with Gasteiger partial charge in [0.2, 0.25) is 5.82 Å². The van der Waals surface area contributed by atoms with Crippen LogP contribution in [-0.4, -0.2) is 35.7 Å². The molecule has 27 heavy (non-hydrogen) atoms. The maximum atomic E-state index is 13.7. The Hall–Kier alpha value is -2.76. The van der Waals surface area contributed by atoms with E-state index in [0.29, 0.717) is 16.9 Å². The smallest absolute Gasteiger partial charge is 0.200 e. The first kappa shape index (κ1) is 19.0. The van der Waals surface area contributed by atoms with Crippen molar-refractivity contribution in [2.24, 2.45) is 0 Å². The molecule has 0 fully saturated rings. The van der Waals surface area contributed by atoms with Gasteiger partial charge in [-0.3, -0.25) is 0 Å². The SMILES string of the molecule is O=S(=O)(CCCNc1ncnc2[nH]ccc12)c1c(F)c(F)c(F)c(F)c1F. The lowest BCUT2D eigenvalue weighted by Crippen LogP contribution is -2.17. The molecular weight excluding hydrogens is 395 g/mol. The Morgan fingerprint density at radius 3 is 2.26 bits per heavy atom. The number of hydrogen-bond acceptors (Lipinski definition) is 5. The summed E-state index contributed by atoms with van der Waals surface area (Å²) in [6, 6.07) is 1.68. The Morgan fingerprint density at radius 2 is 1.59 bits per heavy atom. The van der Waals surface area contributed by atoms with E-state index in [4.69, 9.17) is 0 Å². The molecule has 6 nitrogen and oxygen atoms in total. The van der Waals surface area contributed by atoms with Crippen LogP contribution in [0.15, 0.2) is 23.5 Å². The van der Waals surface area contributed by atoms with Crippen molar-refractivity contribution in [2.45, 2.75) is 11.3 Å². The second-order valence-corrected chi connectivity index (χ2v) is 7.51. The van der Waals surface area contributed by atoms with Gasteiger partial charge in [0, 0.05) is 12.7 Å². The Morgan fingerprint density at radius 1 is 0.963 bits per heavy atom. The van der Waals surface area contributed by atoms with Crippen molar-refractivity contribution in [2.75, 3.05) is 17.6 Å². The third-order valence-electron chi connectivity index (χ3n) is 3.72. The zero-order valence-electron chi connectivity index (χ0n) is 13.4. The minimum absolute atomic E-state index is 0.0198. The Balaban J connectivity index is 1.74. The molecule has 0 spiro atoms. The summed E-state index contributed by atoms with van der Waals surface area (Å²) in [6.07, 6.45) is 2.72. The number of H-pyrrole nitrogens is 1. The third-order valence-corrected chi connectivity index (χ3v) is 5.52. The lowest BCUT2D eigenvalue weighted by molar-refractivity contribution is 0.357. The summed E-state index contributed by atoms with van der Waals surface area (Å²) in [6.45, 7) is 0.0198. The molecule has 1 aromatic carbocycles. The quantitative estimate of drug-likeness (QED) is 0.216. The van der Waals surface area contributed by atoms with Crippen molar-refractivity contribution in [1.82, 2.24) is 15.0 Å². The van der Waals surface area contributed by atoms with Gasteiger partial charge in [-0.1, -0.05) is 0 Å². The summed E-state index contributed by atoms with van der Waals surface area (Å²) < 4.78 is 91.0. The third kappa shape index (κ3) is 3.44. The first-order valence-corrected chi connectivity index (χ1v) is 9.15. The fraction of sp³-hybridized carbons (Fsp3) is 0.200. The minimum atomic E-state index is -4.75. The second-order valence-electron chi connectivity index (χ2n) is 5.46. The van der Waals surface area contributed by atoms with Crippen molar-refractivity contribution in [3.05, 3.63) is 47.7 Å². The van der Waals surface area contributed by atoms with Crippen LogP contribution < -0.4 is 5.32 Å². The van der Waals surface area contributed by atoms with Crippen LogP contribution in [0.5, 0.6) is 0 Å². The number of halogens is 5. The standard InChI is InChI=1S/C15H11F5N4O2S/c16-8-9(17)11(19)13(12(20)10(8)18)27(25,26)5-1-3-21-14-7-2-4-22-15(7)24-6-23-14/h2,4,6H,1,3,5H2,(H2,21,22,23,24). The molecule has 0 unspecified atom stereocenters. The van der Waals surface area contributed by atoms with E-state index < -0.39 is 49.6 Å². The molecule has 0 atom stereocenters. The fourth-order valence-electron chi connectivity index (χ4n) is 2.44. The van der Waals surface area contributed by atoms with E-state index in [1.54, 1.807) is 12.3 Å². The normalized spacial score (nSPS) is 11.9. The molecular formula is C15H11F5N4O2S. The molecule has 0 saturated carbocycles. The van der Waals surface area contributed by atoms with Crippen LogP contribution >= 0.6 is 0 Å². The molecule has 12 heteroatoms. The van der Waals surface area contributed by atoms with E-state index in [1.807, 2.05) is 0 Å². The average Bonchev–Trinajstić information content (AvgIpc) is 3.11.